The second-order valence-electron chi connectivity index (χ2n) is 11.8. The molecule has 0 unspecified atom stereocenters. The summed E-state index contributed by atoms with van der Waals surface area (Å²) in [6.45, 7) is 7.11. The van der Waals surface area contributed by atoms with E-state index in [-0.39, 0.29) is 23.8 Å². The molecule has 2 aromatic rings. The number of benzene rings is 1. The molecule has 2 aliphatic carbocycles. The van der Waals surface area contributed by atoms with E-state index >= 15 is 0 Å². The molecule has 2 aliphatic heterocycles. The first-order valence-electron chi connectivity index (χ1n) is 14.3. The van der Waals surface area contributed by atoms with Crippen LogP contribution in [0.25, 0.3) is 0 Å². The van der Waals surface area contributed by atoms with Crippen LogP contribution in [-0.2, 0) is 30.5 Å². The van der Waals surface area contributed by atoms with Crippen LogP contribution in [0.2, 0.25) is 0 Å². The smallest absolute Gasteiger partial charge is 0.318 e. The number of nitriles is 1. The average Bonchev–Trinajstić information content (AvgIpc) is 3.52. The third-order valence-electron chi connectivity index (χ3n) is 9.39. The van der Waals surface area contributed by atoms with Gasteiger partial charge in [0.15, 0.2) is 0 Å². The summed E-state index contributed by atoms with van der Waals surface area (Å²) in [7, 11) is 2.15. The minimum absolute atomic E-state index is 0.118. The van der Waals surface area contributed by atoms with Crippen LogP contribution in [0.4, 0.5) is 5.82 Å². The maximum Gasteiger partial charge on any atom is 0.318 e. The zero-order valence-electron chi connectivity index (χ0n) is 22.9. The van der Waals surface area contributed by atoms with Gasteiger partial charge in [-0.2, -0.15) is 15.2 Å². The molecule has 2 fully saturated rings. The van der Waals surface area contributed by atoms with Gasteiger partial charge in [-0.3, -0.25) is 4.79 Å². The molecule has 0 N–H and O–H groups in total. The van der Waals surface area contributed by atoms with E-state index in [1.54, 1.807) is 4.90 Å². The maximum absolute atomic E-state index is 12.5. The van der Waals surface area contributed by atoms with E-state index in [9.17, 15) is 10.1 Å². The number of anilines is 1. The van der Waals surface area contributed by atoms with Gasteiger partial charge in [-0.1, -0.05) is 30.8 Å². The van der Waals surface area contributed by atoms with Crippen molar-refractivity contribution in [2.24, 2.45) is 5.41 Å². The molecule has 39 heavy (non-hydrogen) atoms. The number of amides is 1. The van der Waals surface area contributed by atoms with Crippen LogP contribution in [0, 0.1) is 16.7 Å². The summed E-state index contributed by atoms with van der Waals surface area (Å²) in [6.07, 6.45) is 9.09. The fourth-order valence-corrected chi connectivity index (χ4v) is 7.23. The number of carbonyl (C=O) groups is 1. The lowest BCUT2D eigenvalue weighted by molar-refractivity contribution is -0.128. The molecule has 1 spiro atoms. The topological polar surface area (TPSA) is 85.6 Å². The molecule has 4 aliphatic rings. The number of nitrogens with zero attached hydrogens (tertiary/aromatic N) is 6. The van der Waals surface area contributed by atoms with Gasteiger partial charge in [0.2, 0.25) is 5.91 Å². The minimum Gasteiger partial charge on any atom is -0.462 e. The number of likely N-dealkylation sites (tertiary alicyclic amines) is 1. The monoisotopic (exact) mass is 526 g/mol. The first kappa shape index (κ1) is 25.8. The molecule has 6 rings (SSSR count). The summed E-state index contributed by atoms with van der Waals surface area (Å²) in [5.74, 6) is 0.806. The van der Waals surface area contributed by atoms with Crippen LogP contribution in [0.1, 0.15) is 48.1 Å². The number of carbonyl (C=O) groups excluding carboxylic acids is 1. The number of ether oxygens (including phenoxy) is 1. The molecule has 3 heterocycles. The van der Waals surface area contributed by atoms with E-state index in [0.29, 0.717) is 38.3 Å². The lowest BCUT2D eigenvalue weighted by Gasteiger charge is -2.42. The lowest BCUT2D eigenvalue weighted by atomic mass is 9.71. The zero-order chi connectivity index (χ0) is 27.0. The molecule has 0 saturated carbocycles. The fraction of sp³-hybridized carbons (Fsp3) is 0.548. The van der Waals surface area contributed by atoms with Crippen molar-refractivity contribution in [3.05, 3.63) is 59.3 Å². The summed E-state index contributed by atoms with van der Waals surface area (Å²) >= 11 is 0. The standard InChI is InChI=1S/C31H38N6O2/c1-3-28(38)37-16-15-36(20-24(37)11-13-32)29-26-10-12-31(17-22-7-4-5-8-23(22)18-31)19-27(26)33-30(34-29)39-21-25-9-6-14-35(25)2/h3-5,7-8,24-25H,1,6,9-12,14-21H2,2H3/t24-,25-/m0/s1. The Morgan fingerprint density at radius 1 is 1.18 bits per heavy atom. The van der Waals surface area contributed by atoms with Crippen LogP contribution in [0.5, 0.6) is 6.01 Å². The molecule has 8 nitrogen and oxygen atoms in total. The molecular weight excluding hydrogens is 488 g/mol. The van der Waals surface area contributed by atoms with E-state index < -0.39 is 0 Å². The number of piperazine rings is 1. The van der Waals surface area contributed by atoms with E-state index in [1.165, 1.54) is 29.2 Å². The molecular formula is C31H38N6O2. The Hall–Kier alpha value is -3.44. The molecule has 2 atom stereocenters. The highest BCUT2D eigenvalue weighted by Crippen LogP contribution is 2.47. The van der Waals surface area contributed by atoms with Gasteiger partial charge in [0, 0.05) is 31.2 Å². The second kappa shape index (κ2) is 10.6. The zero-order valence-corrected chi connectivity index (χ0v) is 22.9. The highest BCUT2D eigenvalue weighted by Gasteiger charge is 2.42. The Bertz CT molecular complexity index is 1280. The van der Waals surface area contributed by atoms with Crippen LogP contribution in [0.15, 0.2) is 36.9 Å². The van der Waals surface area contributed by atoms with E-state index in [1.807, 2.05) is 0 Å². The maximum atomic E-state index is 12.5. The van der Waals surface area contributed by atoms with Gasteiger partial charge in [0.1, 0.15) is 12.4 Å². The number of hydrogen-bond acceptors (Lipinski definition) is 7. The molecule has 1 aromatic heterocycles. The predicted octanol–water partition coefficient (Wildman–Crippen LogP) is 3.34. The van der Waals surface area contributed by atoms with Gasteiger partial charge in [-0.05, 0) is 81.2 Å². The van der Waals surface area contributed by atoms with Gasteiger partial charge in [-0.15, -0.1) is 0 Å². The number of aromatic nitrogens is 2. The number of rotatable bonds is 6. The highest BCUT2D eigenvalue weighted by atomic mass is 16.5. The summed E-state index contributed by atoms with van der Waals surface area (Å²) < 4.78 is 6.30. The SMILES string of the molecule is C=CC(=O)N1CCN(c2nc(OC[C@@H]3CCCN3C)nc3c2CCC2(Cc4ccccc4C2)C3)C[C@@H]1CC#N. The van der Waals surface area contributed by atoms with Crippen molar-refractivity contribution < 1.29 is 9.53 Å². The Labute approximate surface area is 231 Å². The Balaban J connectivity index is 1.30. The molecule has 0 bridgehead atoms. The van der Waals surface area contributed by atoms with Crippen molar-refractivity contribution in [2.75, 3.05) is 44.7 Å². The second-order valence-corrected chi connectivity index (χ2v) is 11.8. The molecule has 1 amide bonds. The fourth-order valence-electron chi connectivity index (χ4n) is 7.23. The number of likely N-dealkylation sites (N-methyl/N-ethyl adjacent to an activating group) is 1. The van der Waals surface area contributed by atoms with Crippen LogP contribution < -0.4 is 9.64 Å². The normalized spacial score (nSPS) is 23.8. The first-order valence-corrected chi connectivity index (χ1v) is 14.3. The Kier molecular flexibility index (Phi) is 7.03. The van der Waals surface area contributed by atoms with Crippen LogP contribution in [0.3, 0.4) is 0 Å². The molecule has 8 heteroatoms. The van der Waals surface area contributed by atoms with Gasteiger partial charge in [-0.25, -0.2) is 0 Å². The third kappa shape index (κ3) is 5.00. The Morgan fingerprint density at radius 3 is 2.67 bits per heavy atom. The molecule has 1 aromatic carbocycles. The lowest BCUT2D eigenvalue weighted by Crippen LogP contribution is -2.55. The molecule has 204 valence electrons. The van der Waals surface area contributed by atoms with Gasteiger partial charge in [0.05, 0.1) is 24.2 Å². The summed E-state index contributed by atoms with van der Waals surface area (Å²) in [5.41, 5.74) is 5.46. The van der Waals surface area contributed by atoms with Crippen molar-refractivity contribution in [2.45, 2.75) is 63.5 Å². The first-order chi connectivity index (χ1) is 19.0. The van der Waals surface area contributed by atoms with Gasteiger partial charge in [0.25, 0.3) is 0 Å². The summed E-state index contributed by atoms with van der Waals surface area (Å²) in [5, 5.41) is 9.49. The number of hydrogen-bond donors (Lipinski definition) is 0. The Morgan fingerprint density at radius 2 is 1.97 bits per heavy atom. The number of fused-ring (bicyclic) bond motifs is 2. The largest absolute Gasteiger partial charge is 0.462 e. The van der Waals surface area contributed by atoms with Crippen molar-refractivity contribution in [1.29, 1.82) is 5.26 Å². The average molecular weight is 527 g/mol. The van der Waals surface area contributed by atoms with Crippen molar-refractivity contribution in [3.63, 3.8) is 0 Å². The van der Waals surface area contributed by atoms with E-state index in [4.69, 9.17) is 14.7 Å². The van der Waals surface area contributed by atoms with Gasteiger partial charge >= 0.3 is 6.01 Å². The van der Waals surface area contributed by atoms with E-state index in [0.717, 1.165) is 56.6 Å². The predicted molar refractivity (Wildman–Crippen MR) is 150 cm³/mol. The molecule has 0 radical (unpaired) electrons. The van der Waals surface area contributed by atoms with Crippen molar-refractivity contribution in [3.8, 4) is 12.1 Å². The van der Waals surface area contributed by atoms with Gasteiger partial charge < -0.3 is 19.4 Å². The quantitative estimate of drug-likeness (QED) is 0.534. The highest BCUT2D eigenvalue weighted by molar-refractivity contribution is 5.87. The van der Waals surface area contributed by atoms with Crippen molar-refractivity contribution in [1.82, 2.24) is 19.8 Å². The molecule has 2 saturated heterocycles. The van der Waals surface area contributed by atoms with E-state index in [2.05, 4.69) is 53.8 Å². The third-order valence-corrected chi connectivity index (χ3v) is 9.39. The van der Waals surface area contributed by atoms with Crippen LogP contribution >= 0.6 is 0 Å². The van der Waals surface area contributed by atoms with Crippen molar-refractivity contribution >= 4 is 11.7 Å². The summed E-state index contributed by atoms with van der Waals surface area (Å²) in [4.78, 5) is 28.9. The minimum atomic E-state index is -0.198. The summed E-state index contributed by atoms with van der Waals surface area (Å²) in [6, 6.07) is 11.8. The van der Waals surface area contributed by atoms with Crippen LogP contribution in [-0.4, -0.2) is 77.6 Å².